The van der Waals surface area contributed by atoms with E-state index in [0.717, 1.165) is 85.8 Å². The van der Waals surface area contributed by atoms with Crippen LogP contribution in [-0.2, 0) is 4.79 Å². The zero-order valence-electron chi connectivity index (χ0n) is 29.2. The molecule has 13 heteroatoms. The third kappa shape index (κ3) is 6.49. The molecule has 51 heavy (non-hydrogen) atoms. The van der Waals surface area contributed by atoms with E-state index in [4.69, 9.17) is 19.4 Å². The van der Waals surface area contributed by atoms with Crippen LogP contribution >= 0.6 is 0 Å². The van der Waals surface area contributed by atoms with Crippen molar-refractivity contribution < 1.29 is 27.4 Å². The number of carbonyl (C=O) groups excluding carboxylic acids is 1. The summed E-state index contributed by atoms with van der Waals surface area (Å²) < 4.78 is 54.5. The average Bonchev–Trinajstić information content (AvgIpc) is 3.85. The Labute approximate surface area is 295 Å². The molecule has 1 N–H and O–H groups in total. The Hall–Kier alpha value is -4.39. The highest BCUT2D eigenvalue weighted by Gasteiger charge is 2.46. The lowest BCUT2D eigenvalue weighted by atomic mass is 9.72. The number of piperidine rings is 2. The molecule has 1 amide bonds. The number of nitrogens with zero attached hydrogens (tertiary/aromatic N) is 6. The first kappa shape index (κ1) is 33.7. The Kier molecular flexibility index (Phi) is 8.59. The number of nitrogens with one attached hydrogen (secondary N) is 1. The molecule has 1 aliphatic carbocycles. The van der Waals surface area contributed by atoms with Crippen molar-refractivity contribution in [3.63, 3.8) is 0 Å². The molecule has 4 aliphatic rings. The van der Waals surface area contributed by atoms with Crippen molar-refractivity contribution in [3.8, 4) is 22.9 Å². The van der Waals surface area contributed by atoms with Crippen molar-refractivity contribution in [2.75, 3.05) is 57.3 Å². The molecule has 270 valence electrons. The van der Waals surface area contributed by atoms with Crippen LogP contribution in [0.1, 0.15) is 62.5 Å². The fourth-order valence-corrected chi connectivity index (χ4v) is 8.29. The summed E-state index contributed by atoms with van der Waals surface area (Å²) in [6.07, 6.45) is 3.60. The van der Waals surface area contributed by atoms with Gasteiger partial charge in [0.05, 0.1) is 11.7 Å². The SMILES string of the molecule is C=CC(=O)N1CC2(CCN(c3nc(OC4CCN(CC)CC4)nc4c(OCC(F)(F)F)c(-c5c(C)ccc6[nH]ncc56)c(C5CC5)cc34)CC2)C1. The summed E-state index contributed by atoms with van der Waals surface area (Å²) in [6.45, 7) is 11.8. The van der Waals surface area contributed by atoms with Gasteiger partial charge >= 0.3 is 12.2 Å². The maximum Gasteiger partial charge on any atom is 0.422 e. The van der Waals surface area contributed by atoms with Gasteiger partial charge in [-0.3, -0.25) is 9.89 Å². The molecule has 3 aliphatic heterocycles. The van der Waals surface area contributed by atoms with Gasteiger partial charge in [-0.05, 0) is 92.8 Å². The highest BCUT2D eigenvalue weighted by atomic mass is 19.4. The predicted molar refractivity (Wildman–Crippen MR) is 189 cm³/mol. The summed E-state index contributed by atoms with van der Waals surface area (Å²) in [5, 5.41) is 8.78. The summed E-state index contributed by atoms with van der Waals surface area (Å²) in [5.41, 5.74) is 4.41. The number of fused-ring (bicyclic) bond motifs is 2. The lowest BCUT2D eigenvalue weighted by molar-refractivity contribution is -0.153. The van der Waals surface area contributed by atoms with Crippen LogP contribution in [0.15, 0.2) is 37.1 Å². The standard InChI is InChI=1S/C38H44F3N7O3/c1-4-30(49)48-20-37(21-48)12-16-47(17-13-37)35-27-18-26(24-7-8-24)32(31-23(3)6-9-29-28(31)19-42-45-29)34(50-22-38(39,40)41)33(27)43-36(44-35)51-25-10-14-46(5-2)15-11-25/h4,6,9,18-19,24-25H,1,5,7-8,10-17,20-22H2,2-3H3,(H,42,45). The van der Waals surface area contributed by atoms with Crippen LogP contribution in [0, 0.1) is 12.3 Å². The van der Waals surface area contributed by atoms with Crippen molar-refractivity contribution in [2.24, 2.45) is 5.41 Å². The number of aromatic amines is 1. The molecule has 3 saturated heterocycles. The normalized spacial score (nSPS) is 19.9. The molecule has 2 aromatic heterocycles. The lowest BCUT2D eigenvalue weighted by Crippen LogP contribution is -2.61. The minimum absolute atomic E-state index is 0.0404. The van der Waals surface area contributed by atoms with Crippen molar-refractivity contribution >= 4 is 33.5 Å². The number of aromatic nitrogens is 4. The zero-order chi connectivity index (χ0) is 35.5. The van der Waals surface area contributed by atoms with Crippen molar-refractivity contribution in [2.45, 2.75) is 70.6 Å². The molecule has 10 nitrogen and oxygen atoms in total. The molecule has 0 bridgehead atoms. The molecule has 8 rings (SSSR count). The molecule has 4 aromatic rings. The summed E-state index contributed by atoms with van der Waals surface area (Å²) in [6, 6.07) is 6.14. The summed E-state index contributed by atoms with van der Waals surface area (Å²) in [4.78, 5) is 28.6. The van der Waals surface area contributed by atoms with Crippen molar-refractivity contribution in [3.05, 3.63) is 48.2 Å². The largest absolute Gasteiger partial charge is 0.481 e. The molecular formula is C38H44F3N7O3. The number of likely N-dealkylation sites (tertiary alicyclic amines) is 2. The van der Waals surface area contributed by atoms with Gasteiger partial charge < -0.3 is 24.2 Å². The van der Waals surface area contributed by atoms with E-state index >= 15 is 0 Å². The Balaban J connectivity index is 1.28. The number of halogens is 3. The summed E-state index contributed by atoms with van der Waals surface area (Å²) in [7, 11) is 0. The minimum Gasteiger partial charge on any atom is -0.481 e. The molecule has 4 fully saturated rings. The molecule has 1 spiro atoms. The first-order chi connectivity index (χ1) is 24.5. The quantitative estimate of drug-likeness (QED) is 0.191. The van der Waals surface area contributed by atoms with Gasteiger partial charge in [-0.25, -0.2) is 0 Å². The number of hydrogen-bond donors (Lipinski definition) is 1. The van der Waals surface area contributed by atoms with E-state index in [1.165, 1.54) is 6.08 Å². The van der Waals surface area contributed by atoms with Crippen LogP contribution in [0.5, 0.6) is 11.8 Å². The number of alkyl halides is 3. The number of benzene rings is 2. The van der Waals surface area contributed by atoms with Crippen LogP contribution in [-0.4, -0.2) is 101 Å². The molecule has 0 atom stereocenters. The number of aryl methyl sites for hydroxylation is 1. The number of ether oxygens (including phenoxy) is 2. The smallest absolute Gasteiger partial charge is 0.422 e. The molecule has 2 aromatic carbocycles. The molecule has 0 radical (unpaired) electrons. The molecular weight excluding hydrogens is 659 g/mol. The fraction of sp³-hybridized carbons (Fsp3) is 0.526. The average molecular weight is 704 g/mol. The topological polar surface area (TPSA) is 99.7 Å². The Morgan fingerprint density at radius 3 is 2.47 bits per heavy atom. The lowest BCUT2D eigenvalue weighted by Gasteiger charge is -2.54. The molecule has 5 heterocycles. The van der Waals surface area contributed by atoms with Crippen LogP contribution in [0.2, 0.25) is 0 Å². The van der Waals surface area contributed by atoms with Gasteiger partial charge in [0.25, 0.3) is 0 Å². The Morgan fingerprint density at radius 2 is 1.80 bits per heavy atom. The van der Waals surface area contributed by atoms with Crippen LogP contribution in [0.25, 0.3) is 32.9 Å². The number of H-pyrrole nitrogens is 1. The predicted octanol–water partition coefficient (Wildman–Crippen LogP) is 6.78. The van der Waals surface area contributed by atoms with E-state index in [2.05, 4.69) is 39.6 Å². The maximum absolute atomic E-state index is 14.0. The minimum atomic E-state index is -4.57. The second-order valence-electron chi connectivity index (χ2n) is 14.8. The third-order valence-corrected chi connectivity index (χ3v) is 11.3. The van der Waals surface area contributed by atoms with E-state index in [0.29, 0.717) is 48.5 Å². The van der Waals surface area contributed by atoms with Crippen molar-refractivity contribution in [1.29, 1.82) is 0 Å². The summed E-state index contributed by atoms with van der Waals surface area (Å²) in [5.74, 6) is 0.869. The van der Waals surface area contributed by atoms with Gasteiger partial charge in [0.1, 0.15) is 17.4 Å². The highest BCUT2D eigenvalue weighted by molar-refractivity contribution is 6.06. The number of amides is 1. The third-order valence-electron chi connectivity index (χ3n) is 11.3. The second-order valence-corrected chi connectivity index (χ2v) is 14.8. The van der Waals surface area contributed by atoms with Crippen LogP contribution < -0.4 is 14.4 Å². The molecule has 0 unspecified atom stereocenters. The highest BCUT2D eigenvalue weighted by Crippen LogP contribution is 2.53. The Morgan fingerprint density at radius 1 is 1.06 bits per heavy atom. The summed E-state index contributed by atoms with van der Waals surface area (Å²) >= 11 is 0. The van der Waals surface area contributed by atoms with Crippen molar-refractivity contribution in [1.82, 2.24) is 30.0 Å². The van der Waals surface area contributed by atoms with Gasteiger partial charge in [-0.1, -0.05) is 19.6 Å². The first-order valence-corrected chi connectivity index (χ1v) is 18.1. The second kappa shape index (κ2) is 13.0. The zero-order valence-corrected chi connectivity index (χ0v) is 29.2. The monoisotopic (exact) mass is 703 g/mol. The Bertz CT molecular complexity index is 1970. The maximum atomic E-state index is 14.0. The van der Waals surface area contributed by atoms with E-state index in [1.807, 2.05) is 24.0 Å². The number of hydrogen-bond acceptors (Lipinski definition) is 8. The number of anilines is 1. The van der Waals surface area contributed by atoms with Crippen LogP contribution in [0.4, 0.5) is 19.0 Å². The van der Waals surface area contributed by atoms with Gasteiger partial charge in [0.2, 0.25) is 5.91 Å². The van der Waals surface area contributed by atoms with E-state index in [1.54, 1.807) is 6.20 Å². The van der Waals surface area contributed by atoms with Gasteiger partial charge in [-0.15, -0.1) is 0 Å². The van der Waals surface area contributed by atoms with E-state index in [9.17, 15) is 18.0 Å². The van der Waals surface area contributed by atoms with E-state index < -0.39 is 12.8 Å². The van der Waals surface area contributed by atoms with Crippen LogP contribution in [0.3, 0.4) is 0 Å². The van der Waals surface area contributed by atoms with E-state index in [-0.39, 0.29) is 35.1 Å². The number of rotatable bonds is 9. The van der Waals surface area contributed by atoms with Gasteiger partial charge in [-0.2, -0.15) is 28.2 Å². The van der Waals surface area contributed by atoms with Gasteiger partial charge in [0.15, 0.2) is 12.4 Å². The van der Waals surface area contributed by atoms with Gasteiger partial charge in [0, 0.05) is 61.0 Å². The number of carbonyl (C=O) groups is 1. The first-order valence-electron chi connectivity index (χ1n) is 18.1. The fourth-order valence-electron chi connectivity index (χ4n) is 8.29. The molecule has 1 saturated carbocycles.